The minimum atomic E-state index is -0.542. The van der Waals surface area contributed by atoms with Crippen LogP contribution in [0.4, 0.5) is 4.39 Å². The predicted octanol–water partition coefficient (Wildman–Crippen LogP) is 5.09. The quantitative estimate of drug-likeness (QED) is 0.738. The molecule has 0 aliphatic carbocycles. The van der Waals surface area contributed by atoms with Crippen LogP contribution in [-0.2, 0) is 4.74 Å². The molecule has 0 fully saturated rings. The summed E-state index contributed by atoms with van der Waals surface area (Å²) < 4.78 is 19.6. The van der Waals surface area contributed by atoms with Gasteiger partial charge in [0.25, 0.3) is 0 Å². The number of carbonyl (C=O) groups excluding carboxylic acids is 1. The highest BCUT2D eigenvalue weighted by molar-refractivity contribution is 5.90. The first-order valence-electron chi connectivity index (χ1n) is 7.06. The molecule has 0 N–H and O–H groups in total. The van der Waals surface area contributed by atoms with Gasteiger partial charge in [-0.3, -0.25) is 0 Å². The van der Waals surface area contributed by atoms with Crippen molar-refractivity contribution in [3.05, 3.63) is 66.0 Å². The number of carbonyl (C=O) groups is 1. The van der Waals surface area contributed by atoms with Crippen LogP contribution >= 0.6 is 0 Å². The third-order valence-electron chi connectivity index (χ3n) is 3.08. The maximum atomic E-state index is 14.3. The molecule has 2 nitrogen and oxygen atoms in total. The van der Waals surface area contributed by atoms with Crippen molar-refractivity contribution in [2.24, 2.45) is 0 Å². The largest absolute Gasteiger partial charge is 0.456 e. The van der Waals surface area contributed by atoms with Crippen LogP contribution in [0.1, 0.15) is 36.7 Å². The highest BCUT2D eigenvalue weighted by Crippen LogP contribution is 2.26. The lowest BCUT2D eigenvalue weighted by molar-refractivity contribution is 0.00696. The van der Waals surface area contributed by atoms with E-state index in [0.29, 0.717) is 22.3 Å². The molecule has 2 aromatic carbocycles. The molecule has 0 amide bonds. The molecule has 0 unspecified atom stereocenters. The van der Waals surface area contributed by atoms with Gasteiger partial charge < -0.3 is 4.74 Å². The van der Waals surface area contributed by atoms with Gasteiger partial charge in [0.15, 0.2) is 0 Å². The van der Waals surface area contributed by atoms with E-state index in [1.54, 1.807) is 42.5 Å². The number of benzene rings is 2. The van der Waals surface area contributed by atoms with Crippen LogP contribution in [0.5, 0.6) is 0 Å². The summed E-state index contributed by atoms with van der Waals surface area (Å²) in [7, 11) is 0. The Bertz CT molecular complexity index is 694. The topological polar surface area (TPSA) is 26.3 Å². The normalized spacial score (nSPS) is 11.1. The van der Waals surface area contributed by atoms with Gasteiger partial charge in [-0.2, -0.15) is 0 Å². The Kier molecular flexibility index (Phi) is 4.45. The molecule has 0 saturated heterocycles. The Labute approximate surface area is 130 Å². The average Bonchev–Trinajstić information content (AvgIpc) is 2.46. The van der Waals surface area contributed by atoms with Crippen molar-refractivity contribution >= 4 is 12.0 Å². The highest BCUT2D eigenvalue weighted by Gasteiger charge is 2.18. The minimum Gasteiger partial charge on any atom is -0.456 e. The molecular weight excluding hydrogens is 279 g/mol. The lowest BCUT2D eigenvalue weighted by Crippen LogP contribution is -2.23. The van der Waals surface area contributed by atoms with Gasteiger partial charge in [0, 0.05) is 11.1 Å². The Morgan fingerprint density at radius 3 is 2.32 bits per heavy atom. The molecule has 0 radical (unpaired) electrons. The number of esters is 1. The molecule has 2 rings (SSSR count). The van der Waals surface area contributed by atoms with Gasteiger partial charge in [-0.25, -0.2) is 9.18 Å². The zero-order valence-corrected chi connectivity index (χ0v) is 13.0. The maximum Gasteiger partial charge on any atom is 0.338 e. The Morgan fingerprint density at radius 1 is 1.14 bits per heavy atom. The number of ether oxygens (including phenoxy) is 1. The van der Waals surface area contributed by atoms with Crippen molar-refractivity contribution in [1.29, 1.82) is 0 Å². The van der Waals surface area contributed by atoms with Crippen LogP contribution in [0, 0.1) is 5.82 Å². The second-order valence-electron chi connectivity index (χ2n) is 5.99. The molecular formula is C19H19FO2. The van der Waals surface area contributed by atoms with Gasteiger partial charge >= 0.3 is 5.97 Å². The van der Waals surface area contributed by atoms with Crippen molar-refractivity contribution in [3.63, 3.8) is 0 Å². The van der Waals surface area contributed by atoms with Crippen molar-refractivity contribution in [3.8, 4) is 11.1 Å². The summed E-state index contributed by atoms with van der Waals surface area (Å²) in [6.07, 6.45) is 1.48. The van der Waals surface area contributed by atoms with Gasteiger partial charge in [0.2, 0.25) is 0 Å². The van der Waals surface area contributed by atoms with E-state index in [-0.39, 0.29) is 11.8 Å². The Hall–Kier alpha value is -2.42. The number of halogens is 1. The van der Waals surface area contributed by atoms with Crippen molar-refractivity contribution in [2.45, 2.75) is 26.4 Å². The second kappa shape index (κ2) is 6.14. The van der Waals surface area contributed by atoms with Crippen molar-refractivity contribution in [1.82, 2.24) is 0 Å². The molecule has 0 saturated carbocycles. The van der Waals surface area contributed by atoms with E-state index in [9.17, 15) is 9.18 Å². The first-order valence-corrected chi connectivity index (χ1v) is 7.06. The van der Waals surface area contributed by atoms with Crippen LogP contribution in [0.2, 0.25) is 0 Å². The number of hydrogen-bond donors (Lipinski definition) is 0. The van der Waals surface area contributed by atoms with Gasteiger partial charge in [-0.05, 0) is 38.5 Å². The van der Waals surface area contributed by atoms with E-state index >= 15 is 0 Å². The summed E-state index contributed by atoms with van der Waals surface area (Å²) in [4.78, 5) is 12.0. The SMILES string of the molecule is C=Cc1cccc(-c2ccc(C(=O)OC(C)(C)C)cc2)c1F. The first-order chi connectivity index (χ1) is 10.3. The van der Waals surface area contributed by atoms with Gasteiger partial charge in [-0.15, -0.1) is 0 Å². The van der Waals surface area contributed by atoms with Crippen molar-refractivity contribution < 1.29 is 13.9 Å². The summed E-state index contributed by atoms with van der Waals surface area (Å²) in [6.45, 7) is 9.04. The highest BCUT2D eigenvalue weighted by atomic mass is 19.1. The molecule has 2 aromatic rings. The summed E-state index contributed by atoms with van der Waals surface area (Å²) in [5.74, 6) is -0.707. The van der Waals surface area contributed by atoms with Crippen molar-refractivity contribution in [2.75, 3.05) is 0 Å². The van der Waals surface area contributed by atoms with E-state index in [1.807, 2.05) is 20.8 Å². The van der Waals surface area contributed by atoms with Crippen LogP contribution in [0.3, 0.4) is 0 Å². The predicted molar refractivity (Wildman–Crippen MR) is 87.1 cm³/mol. The molecule has 114 valence electrons. The summed E-state index contributed by atoms with van der Waals surface area (Å²) >= 11 is 0. The lowest BCUT2D eigenvalue weighted by Gasteiger charge is -2.19. The van der Waals surface area contributed by atoms with Gasteiger partial charge in [0.1, 0.15) is 11.4 Å². The van der Waals surface area contributed by atoms with Gasteiger partial charge in [-0.1, -0.05) is 43.0 Å². The number of hydrogen-bond acceptors (Lipinski definition) is 2. The van der Waals surface area contributed by atoms with Gasteiger partial charge in [0.05, 0.1) is 5.56 Å². The molecule has 0 bridgehead atoms. The fourth-order valence-corrected chi connectivity index (χ4v) is 2.05. The van der Waals surface area contributed by atoms with Crippen LogP contribution in [0.25, 0.3) is 17.2 Å². The third kappa shape index (κ3) is 3.61. The fraction of sp³-hybridized carbons (Fsp3) is 0.211. The maximum absolute atomic E-state index is 14.3. The molecule has 0 aromatic heterocycles. The van der Waals surface area contributed by atoms with Crippen LogP contribution in [0.15, 0.2) is 49.0 Å². The average molecular weight is 298 g/mol. The smallest absolute Gasteiger partial charge is 0.338 e. The van der Waals surface area contributed by atoms with E-state index in [0.717, 1.165) is 0 Å². The molecule has 0 aliphatic rings. The monoisotopic (exact) mass is 298 g/mol. The molecule has 0 aliphatic heterocycles. The van der Waals surface area contributed by atoms with E-state index < -0.39 is 5.60 Å². The zero-order chi connectivity index (χ0) is 16.3. The Morgan fingerprint density at radius 2 is 1.77 bits per heavy atom. The fourth-order valence-electron chi connectivity index (χ4n) is 2.05. The standard InChI is InChI=1S/C19H19FO2/c1-5-13-7-6-8-16(17(13)20)14-9-11-15(12-10-14)18(21)22-19(2,3)4/h5-12H,1H2,2-4H3. The number of rotatable bonds is 3. The van der Waals surface area contributed by atoms with E-state index in [1.165, 1.54) is 6.08 Å². The zero-order valence-electron chi connectivity index (χ0n) is 13.0. The summed E-state index contributed by atoms with van der Waals surface area (Å²) in [6, 6.07) is 11.9. The van der Waals surface area contributed by atoms with Crippen LogP contribution < -0.4 is 0 Å². The molecule has 22 heavy (non-hydrogen) atoms. The van der Waals surface area contributed by atoms with E-state index in [2.05, 4.69) is 6.58 Å². The summed E-state index contributed by atoms with van der Waals surface area (Å²) in [5, 5.41) is 0. The molecule has 3 heteroatoms. The second-order valence-corrected chi connectivity index (χ2v) is 5.99. The summed E-state index contributed by atoms with van der Waals surface area (Å²) in [5.41, 5.74) is 1.54. The molecule has 0 atom stereocenters. The Balaban J connectivity index is 2.30. The third-order valence-corrected chi connectivity index (χ3v) is 3.08. The minimum absolute atomic E-state index is 0.317. The first kappa shape index (κ1) is 16.0. The lowest BCUT2D eigenvalue weighted by atomic mass is 10.0. The van der Waals surface area contributed by atoms with E-state index in [4.69, 9.17) is 4.74 Å². The molecule has 0 spiro atoms. The van der Waals surface area contributed by atoms with Crippen LogP contribution in [-0.4, -0.2) is 11.6 Å². The molecule has 0 heterocycles.